The number of aromatic nitrogens is 4. The number of imidazole rings is 1. The van der Waals surface area contributed by atoms with E-state index in [0.717, 1.165) is 110 Å². The van der Waals surface area contributed by atoms with Gasteiger partial charge in [-0.05, 0) is 98.4 Å². The lowest BCUT2D eigenvalue weighted by Crippen LogP contribution is -2.54. The summed E-state index contributed by atoms with van der Waals surface area (Å²) < 4.78 is 40.1. The second-order valence-electron chi connectivity index (χ2n) is 19.1. The molecule has 5 amide bonds. The first kappa shape index (κ1) is 43.9. The Hall–Kier alpha value is -6.69. The average Bonchev–Trinajstić information content (AvgIpc) is 4.04. The molecule has 6 aliphatic rings. The quantitative estimate of drug-likeness (QED) is 0.171. The summed E-state index contributed by atoms with van der Waals surface area (Å²) in [5.41, 5.74) is 6.79. The number of pyridine rings is 1. The number of methoxy groups -OCH3 is 1. The first-order valence-corrected chi connectivity index (χ1v) is 23.9. The molecule has 8 heterocycles. The summed E-state index contributed by atoms with van der Waals surface area (Å²) in [5.74, 6) is -0.284. The second kappa shape index (κ2) is 17.4. The van der Waals surface area contributed by atoms with Crippen molar-refractivity contribution in [1.82, 2.24) is 39.2 Å². The number of carbonyl (C=O) groups is 5. The lowest BCUT2D eigenvalue weighted by Gasteiger charge is -2.39. The van der Waals surface area contributed by atoms with Crippen LogP contribution in [0.1, 0.15) is 107 Å². The maximum absolute atomic E-state index is 15.2. The SMILES string of the molecule is COc1cn2ccnc2cc1-c1cc2c(cc1C(F)F)N(c1nn(C3CCC(CN4CCN(c5ccc6c(c5)C(=O)N(C5CCC(=O)NC5=O)C6=O)CC4)CC3)c3c1CN(C(C)=O)CC3)CCC2. The molecule has 18 heteroatoms. The Morgan fingerprint density at radius 1 is 0.868 bits per heavy atom. The van der Waals surface area contributed by atoms with E-state index in [2.05, 4.69) is 29.7 Å². The number of aryl methyl sites for hydroxylation is 1. The van der Waals surface area contributed by atoms with Gasteiger partial charge in [-0.15, -0.1) is 0 Å². The molecule has 5 aliphatic heterocycles. The van der Waals surface area contributed by atoms with Crippen molar-refractivity contribution in [1.29, 1.82) is 0 Å². The summed E-state index contributed by atoms with van der Waals surface area (Å²) in [6, 6.07) is 9.82. The number of piperidine rings is 1. The van der Waals surface area contributed by atoms with Gasteiger partial charge in [-0.1, -0.05) is 0 Å². The second-order valence-corrected chi connectivity index (χ2v) is 19.1. The van der Waals surface area contributed by atoms with E-state index in [9.17, 15) is 24.0 Å². The number of anilines is 3. The van der Waals surface area contributed by atoms with Gasteiger partial charge in [0, 0.05) is 112 Å². The van der Waals surface area contributed by atoms with E-state index in [1.54, 1.807) is 56.9 Å². The van der Waals surface area contributed by atoms with Crippen molar-refractivity contribution in [2.75, 3.05) is 62.7 Å². The van der Waals surface area contributed by atoms with Gasteiger partial charge in [-0.2, -0.15) is 5.10 Å². The Morgan fingerprint density at radius 2 is 1.66 bits per heavy atom. The van der Waals surface area contributed by atoms with E-state index >= 15 is 8.78 Å². The number of imide groups is 2. The van der Waals surface area contributed by atoms with Crippen molar-refractivity contribution in [2.45, 2.75) is 89.8 Å². The highest BCUT2D eigenvalue weighted by Gasteiger charge is 2.45. The third-order valence-corrected chi connectivity index (χ3v) is 15.2. The Kier molecular flexibility index (Phi) is 11.2. The number of carbonyl (C=O) groups excluding carboxylic acids is 5. The van der Waals surface area contributed by atoms with Crippen molar-refractivity contribution in [3.05, 3.63) is 88.5 Å². The van der Waals surface area contributed by atoms with Crippen LogP contribution in [0.3, 0.4) is 0 Å². The lowest BCUT2D eigenvalue weighted by molar-refractivity contribution is -0.136. The minimum Gasteiger partial charge on any atom is -0.495 e. The van der Waals surface area contributed by atoms with E-state index in [0.29, 0.717) is 54.5 Å². The fourth-order valence-corrected chi connectivity index (χ4v) is 11.6. The number of piperazine rings is 1. The van der Waals surface area contributed by atoms with Crippen LogP contribution in [0, 0.1) is 5.92 Å². The van der Waals surface area contributed by atoms with Crippen LogP contribution in [0.4, 0.5) is 26.0 Å². The summed E-state index contributed by atoms with van der Waals surface area (Å²) >= 11 is 0. The zero-order valence-corrected chi connectivity index (χ0v) is 38.3. The highest BCUT2D eigenvalue weighted by molar-refractivity contribution is 6.23. The molecule has 1 saturated carbocycles. The van der Waals surface area contributed by atoms with E-state index in [-0.39, 0.29) is 41.5 Å². The van der Waals surface area contributed by atoms with E-state index in [4.69, 9.17) is 9.84 Å². The van der Waals surface area contributed by atoms with Crippen molar-refractivity contribution < 1.29 is 37.5 Å². The Labute approximate surface area is 391 Å². The fraction of sp³-hybridized carbons (Fsp3) is 0.460. The number of nitrogens with one attached hydrogen (secondary N) is 1. The molecule has 2 saturated heterocycles. The van der Waals surface area contributed by atoms with Crippen LogP contribution in [0.5, 0.6) is 5.75 Å². The van der Waals surface area contributed by atoms with Crippen LogP contribution in [0.15, 0.2) is 55.0 Å². The van der Waals surface area contributed by atoms with Crippen molar-refractivity contribution in [3.8, 4) is 16.9 Å². The topological polar surface area (TPSA) is 158 Å². The number of benzene rings is 2. The summed E-state index contributed by atoms with van der Waals surface area (Å²) in [6.45, 7) is 7.47. The molecule has 2 aromatic carbocycles. The molecular weight excluding hydrogens is 875 g/mol. The van der Waals surface area contributed by atoms with Gasteiger partial charge in [-0.25, -0.2) is 13.8 Å². The number of rotatable bonds is 9. The molecule has 68 heavy (non-hydrogen) atoms. The molecule has 0 radical (unpaired) electrons. The predicted molar refractivity (Wildman–Crippen MR) is 247 cm³/mol. The molecule has 1 N–H and O–H groups in total. The number of hydrogen-bond donors (Lipinski definition) is 1. The standard InChI is InChI=1S/C50H54F2N10O6/c1-29(63)58-16-13-40-39(27-58)47(60-15-3-4-31-22-35(37(46(51)52)24-42(31)60)36-25-44-53-14-17-59(44)28-43(36)68-2)55-62(40)32-7-5-30(6-8-32)26-56-18-20-57(21-19-56)33-9-10-34-38(23-33)50(67)61(49(34)66)41-11-12-45(64)54-48(41)65/h9-10,14,17,22-25,28,30,32,41,46H,3-8,11-13,15-16,18-21,26-27H2,1-2H3,(H,54,64,65). The molecule has 0 bridgehead atoms. The number of halogens is 2. The van der Waals surface area contributed by atoms with Gasteiger partial charge in [0.1, 0.15) is 17.4 Å². The maximum atomic E-state index is 15.2. The average molecular weight is 929 g/mol. The normalized spacial score (nSPS) is 22.2. The van der Waals surface area contributed by atoms with Crippen LogP contribution in [-0.4, -0.2) is 122 Å². The van der Waals surface area contributed by atoms with Gasteiger partial charge in [0.2, 0.25) is 17.7 Å². The summed E-state index contributed by atoms with van der Waals surface area (Å²) in [4.78, 5) is 77.9. The summed E-state index contributed by atoms with van der Waals surface area (Å²) in [5, 5.41) is 7.63. The van der Waals surface area contributed by atoms with Crippen molar-refractivity contribution in [3.63, 3.8) is 0 Å². The van der Waals surface area contributed by atoms with Gasteiger partial charge in [0.25, 0.3) is 18.2 Å². The zero-order valence-electron chi connectivity index (χ0n) is 38.3. The Balaban J connectivity index is 0.777. The minimum atomic E-state index is -2.75. The monoisotopic (exact) mass is 928 g/mol. The van der Waals surface area contributed by atoms with Crippen molar-refractivity contribution in [2.24, 2.45) is 5.92 Å². The third-order valence-electron chi connectivity index (χ3n) is 15.2. The van der Waals surface area contributed by atoms with Gasteiger partial charge >= 0.3 is 0 Å². The molecule has 16 nitrogen and oxygen atoms in total. The van der Waals surface area contributed by atoms with E-state index in [1.807, 2.05) is 21.4 Å². The maximum Gasteiger partial charge on any atom is 0.264 e. The number of ether oxygens (including phenoxy) is 1. The fourth-order valence-electron chi connectivity index (χ4n) is 11.6. The molecule has 3 aromatic heterocycles. The van der Waals surface area contributed by atoms with Gasteiger partial charge < -0.3 is 23.8 Å². The molecule has 0 spiro atoms. The highest BCUT2D eigenvalue weighted by atomic mass is 19.3. The van der Waals surface area contributed by atoms with E-state index in [1.165, 1.54) is 0 Å². The molecule has 354 valence electrons. The molecule has 1 atom stereocenters. The predicted octanol–water partition coefficient (Wildman–Crippen LogP) is 6.09. The Bertz CT molecular complexity index is 2880. The van der Waals surface area contributed by atoms with Gasteiger partial charge in [0.15, 0.2) is 5.82 Å². The smallest absolute Gasteiger partial charge is 0.264 e. The summed E-state index contributed by atoms with van der Waals surface area (Å²) in [6.07, 6.45) is 8.90. The number of fused-ring (bicyclic) bond motifs is 4. The van der Waals surface area contributed by atoms with Crippen LogP contribution < -0.4 is 19.9 Å². The Morgan fingerprint density at radius 3 is 2.41 bits per heavy atom. The van der Waals surface area contributed by atoms with E-state index < -0.39 is 36.1 Å². The van der Waals surface area contributed by atoms with Crippen molar-refractivity contribution >= 4 is 52.4 Å². The largest absolute Gasteiger partial charge is 0.495 e. The first-order valence-electron chi connectivity index (χ1n) is 23.9. The molecule has 1 aliphatic carbocycles. The number of amides is 5. The first-order chi connectivity index (χ1) is 32.9. The molecule has 11 rings (SSSR count). The zero-order chi connectivity index (χ0) is 47.0. The number of hydrogen-bond acceptors (Lipinski definition) is 11. The molecule has 1 unspecified atom stereocenters. The van der Waals surface area contributed by atoms with Gasteiger partial charge in [0.05, 0.1) is 37.0 Å². The highest BCUT2D eigenvalue weighted by Crippen LogP contribution is 2.46. The molecule has 5 aromatic rings. The van der Waals surface area contributed by atoms with Crippen LogP contribution in [-0.2, 0) is 33.8 Å². The number of nitrogens with zero attached hydrogens (tertiary/aromatic N) is 9. The molecular formula is C50H54F2N10O6. The third kappa shape index (κ3) is 7.65. The number of alkyl halides is 2. The summed E-state index contributed by atoms with van der Waals surface area (Å²) in [7, 11) is 1.54. The van der Waals surface area contributed by atoms with Crippen LogP contribution >= 0.6 is 0 Å². The minimum absolute atomic E-state index is 0.00000533. The van der Waals surface area contributed by atoms with Crippen LogP contribution in [0.2, 0.25) is 0 Å². The molecule has 3 fully saturated rings. The van der Waals surface area contributed by atoms with Crippen LogP contribution in [0.25, 0.3) is 16.8 Å². The lowest BCUT2D eigenvalue weighted by atomic mass is 9.85. The van der Waals surface area contributed by atoms with Gasteiger partial charge in [-0.3, -0.25) is 43.8 Å².